The summed E-state index contributed by atoms with van der Waals surface area (Å²) in [5, 5.41) is 10.6. The van der Waals surface area contributed by atoms with Gasteiger partial charge in [-0.2, -0.15) is 0 Å². The van der Waals surface area contributed by atoms with Gasteiger partial charge in [-0.1, -0.05) is 11.6 Å². The van der Waals surface area contributed by atoms with Crippen molar-refractivity contribution in [2.24, 2.45) is 0 Å². The van der Waals surface area contributed by atoms with E-state index in [2.05, 4.69) is 0 Å². The van der Waals surface area contributed by atoms with Crippen molar-refractivity contribution in [2.45, 2.75) is 0 Å². The van der Waals surface area contributed by atoms with Gasteiger partial charge in [-0.25, -0.2) is 9.18 Å². The van der Waals surface area contributed by atoms with Crippen LogP contribution in [0.25, 0.3) is 10.1 Å². The van der Waals surface area contributed by atoms with Gasteiger partial charge in [-0.3, -0.25) is 0 Å². The summed E-state index contributed by atoms with van der Waals surface area (Å²) < 4.78 is 13.5. The van der Waals surface area contributed by atoms with E-state index in [0.717, 1.165) is 11.3 Å². The maximum absolute atomic E-state index is 13.1. The molecule has 0 saturated heterocycles. The average molecular weight is 231 g/mol. The van der Waals surface area contributed by atoms with Crippen molar-refractivity contribution < 1.29 is 14.3 Å². The average Bonchev–Trinajstić information content (AvgIpc) is 2.47. The lowest BCUT2D eigenvalue weighted by Gasteiger charge is -1.98. The molecule has 1 heterocycles. The molecule has 0 atom stereocenters. The first kappa shape index (κ1) is 9.43. The van der Waals surface area contributed by atoms with Gasteiger partial charge in [0, 0.05) is 15.8 Å². The standard InChI is InChI=1S/C9H4ClFO2S/c10-4-1-5-7(11)3-14-8(5)6(2-4)9(12)13/h1-3H,(H,12,13). The zero-order valence-corrected chi connectivity index (χ0v) is 8.32. The minimum absolute atomic E-state index is 0.0430. The number of carbonyl (C=O) groups is 1. The Hall–Kier alpha value is -1.13. The number of halogens is 2. The number of aromatic carboxylic acids is 1. The molecular formula is C9H4ClFO2S. The van der Waals surface area contributed by atoms with Crippen molar-refractivity contribution in [3.05, 3.63) is 33.9 Å². The molecule has 0 amide bonds. The van der Waals surface area contributed by atoms with Crippen molar-refractivity contribution in [3.8, 4) is 0 Å². The fourth-order valence-electron chi connectivity index (χ4n) is 1.23. The van der Waals surface area contributed by atoms with Gasteiger partial charge in [0.15, 0.2) is 0 Å². The van der Waals surface area contributed by atoms with E-state index in [4.69, 9.17) is 16.7 Å². The maximum atomic E-state index is 13.1. The van der Waals surface area contributed by atoms with Crippen LogP contribution >= 0.6 is 22.9 Å². The molecule has 1 N–H and O–H groups in total. The number of thiophene rings is 1. The molecule has 72 valence electrons. The third-order valence-corrected chi connectivity index (χ3v) is 3.04. The van der Waals surface area contributed by atoms with Crippen LogP contribution in [0.2, 0.25) is 5.02 Å². The first-order valence-electron chi connectivity index (χ1n) is 3.69. The third kappa shape index (κ3) is 1.36. The molecule has 2 aromatic rings. The highest BCUT2D eigenvalue weighted by Crippen LogP contribution is 2.31. The molecule has 14 heavy (non-hydrogen) atoms. The van der Waals surface area contributed by atoms with E-state index >= 15 is 0 Å². The van der Waals surface area contributed by atoms with E-state index < -0.39 is 11.8 Å². The van der Waals surface area contributed by atoms with Gasteiger partial charge in [0.1, 0.15) is 5.82 Å². The molecule has 1 aromatic heterocycles. The summed E-state index contributed by atoms with van der Waals surface area (Å²) >= 11 is 6.73. The highest BCUT2D eigenvalue weighted by atomic mass is 35.5. The molecule has 0 radical (unpaired) electrons. The number of fused-ring (bicyclic) bond motifs is 1. The lowest BCUT2D eigenvalue weighted by Crippen LogP contribution is -1.95. The van der Waals surface area contributed by atoms with Crippen LogP contribution in [0.15, 0.2) is 17.5 Å². The van der Waals surface area contributed by atoms with Crippen LogP contribution < -0.4 is 0 Å². The van der Waals surface area contributed by atoms with E-state index in [1.54, 1.807) is 0 Å². The van der Waals surface area contributed by atoms with E-state index in [1.165, 1.54) is 17.5 Å². The number of rotatable bonds is 1. The molecule has 0 fully saturated rings. The molecule has 0 aliphatic heterocycles. The van der Waals surface area contributed by atoms with Gasteiger partial charge in [0.05, 0.1) is 10.3 Å². The van der Waals surface area contributed by atoms with Crippen LogP contribution in [0.4, 0.5) is 4.39 Å². The van der Waals surface area contributed by atoms with Crippen LogP contribution in [-0.2, 0) is 0 Å². The molecular weight excluding hydrogens is 227 g/mol. The summed E-state index contributed by atoms with van der Waals surface area (Å²) in [6.45, 7) is 0. The second kappa shape index (κ2) is 3.22. The Balaban J connectivity index is 2.88. The summed E-state index contributed by atoms with van der Waals surface area (Å²) in [5.74, 6) is -1.53. The van der Waals surface area contributed by atoms with Crippen molar-refractivity contribution in [2.75, 3.05) is 0 Å². The fraction of sp³-hybridized carbons (Fsp3) is 0. The lowest BCUT2D eigenvalue weighted by atomic mass is 10.1. The zero-order chi connectivity index (χ0) is 10.3. The number of hydrogen-bond donors (Lipinski definition) is 1. The normalized spacial score (nSPS) is 10.7. The minimum atomic E-state index is -1.10. The van der Waals surface area contributed by atoms with Crippen LogP contribution in [0, 0.1) is 5.82 Å². The van der Waals surface area contributed by atoms with Crippen molar-refractivity contribution >= 4 is 39.0 Å². The van der Waals surface area contributed by atoms with Gasteiger partial charge in [-0.05, 0) is 12.1 Å². The predicted octanol–water partition coefficient (Wildman–Crippen LogP) is 3.39. The molecule has 2 rings (SSSR count). The van der Waals surface area contributed by atoms with E-state index in [-0.39, 0.29) is 16.0 Å². The van der Waals surface area contributed by atoms with Crippen molar-refractivity contribution in [1.29, 1.82) is 0 Å². The number of carboxylic acid groups (broad SMARTS) is 1. The monoisotopic (exact) mass is 230 g/mol. The van der Waals surface area contributed by atoms with E-state index in [0.29, 0.717) is 4.70 Å². The Bertz CT molecular complexity index is 521. The molecule has 0 unspecified atom stereocenters. The molecule has 0 saturated carbocycles. The minimum Gasteiger partial charge on any atom is -0.478 e. The van der Waals surface area contributed by atoms with Crippen LogP contribution in [0.1, 0.15) is 10.4 Å². The van der Waals surface area contributed by atoms with Gasteiger partial charge >= 0.3 is 5.97 Å². The summed E-state index contributed by atoms with van der Waals surface area (Å²) in [5.41, 5.74) is 0.0430. The summed E-state index contributed by atoms with van der Waals surface area (Å²) in [7, 11) is 0. The van der Waals surface area contributed by atoms with Gasteiger partial charge < -0.3 is 5.11 Å². The maximum Gasteiger partial charge on any atom is 0.337 e. The molecule has 1 aromatic carbocycles. The van der Waals surface area contributed by atoms with E-state index in [9.17, 15) is 9.18 Å². The van der Waals surface area contributed by atoms with Crippen LogP contribution in [-0.4, -0.2) is 11.1 Å². The predicted molar refractivity (Wildman–Crippen MR) is 53.8 cm³/mol. The number of hydrogen-bond acceptors (Lipinski definition) is 2. The molecule has 0 spiro atoms. The molecule has 2 nitrogen and oxygen atoms in total. The highest BCUT2D eigenvalue weighted by molar-refractivity contribution is 7.17. The highest BCUT2D eigenvalue weighted by Gasteiger charge is 2.14. The largest absolute Gasteiger partial charge is 0.478 e. The van der Waals surface area contributed by atoms with Crippen LogP contribution in [0.3, 0.4) is 0 Å². The van der Waals surface area contributed by atoms with Crippen molar-refractivity contribution in [1.82, 2.24) is 0 Å². The van der Waals surface area contributed by atoms with E-state index in [1.807, 2.05) is 0 Å². The zero-order valence-electron chi connectivity index (χ0n) is 6.75. The first-order chi connectivity index (χ1) is 6.59. The summed E-state index contributed by atoms with van der Waals surface area (Å²) in [6.07, 6.45) is 0. The smallest absolute Gasteiger partial charge is 0.337 e. The van der Waals surface area contributed by atoms with Gasteiger partial charge in [0.2, 0.25) is 0 Å². The Morgan fingerprint density at radius 3 is 2.86 bits per heavy atom. The summed E-state index contributed by atoms with van der Waals surface area (Å²) in [4.78, 5) is 10.8. The quantitative estimate of drug-likeness (QED) is 0.815. The Kier molecular flexibility index (Phi) is 2.17. The summed E-state index contributed by atoms with van der Waals surface area (Å²) in [6, 6.07) is 2.75. The number of carboxylic acids is 1. The molecule has 0 aliphatic rings. The number of benzene rings is 1. The topological polar surface area (TPSA) is 37.3 Å². The Morgan fingerprint density at radius 2 is 2.21 bits per heavy atom. The fourth-order valence-corrected chi connectivity index (χ4v) is 2.35. The molecule has 5 heteroatoms. The second-order valence-electron chi connectivity index (χ2n) is 2.72. The molecule has 0 bridgehead atoms. The van der Waals surface area contributed by atoms with Gasteiger partial charge in [0.25, 0.3) is 0 Å². The second-order valence-corrected chi connectivity index (χ2v) is 4.03. The van der Waals surface area contributed by atoms with Crippen LogP contribution in [0.5, 0.6) is 0 Å². The third-order valence-electron chi connectivity index (χ3n) is 1.82. The van der Waals surface area contributed by atoms with Crippen molar-refractivity contribution in [3.63, 3.8) is 0 Å². The SMILES string of the molecule is O=C(O)c1cc(Cl)cc2c(F)csc12. The van der Waals surface area contributed by atoms with Gasteiger partial charge in [-0.15, -0.1) is 11.3 Å². The molecule has 0 aliphatic carbocycles. The lowest BCUT2D eigenvalue weighted by molar-refractivity contribution is 0.0699. The first-order valence-corrected chi connectivity index (χ1v) is 4.95. The Morgan fingerprint density at radius 1 is 1.50 bits per heavy atom. The Labute approximate surface area is 87.5 Å².